The monoisotopic (exact) mass is 449 g/mol. The molecule has 1 rings (SSSR count). The van der Waals surface area contributed by atoms with Crippen LogP contribution in [0.15, 0.2) is 12.4 Å². The van der Waals surface area contributed by atoms with E-state index in [0.717, 1.165) is 51.5 Å². The molecule has 184 valence electrons. The molecule has 32 heavy (non-hydrogen) atoms. The summed E-state index contributed by atoms with van der Waals surface area (Å²) in [6, 6.07) is 0.235. The van der Waals surface area contributed by atoms with Crippen LogP contribution in [0.25, 0.3) is 0 Å². The molecule has 0 unspecified atom stereocenters. The average molecular weight is 450 g/mol. The van der Waals surface area contributed by atoms with E-state index in [4.69, 9.17) is 0 Å². The molecular weight excluding hydrogens is 402 g/mol. The first-order chi connectivity index (χ1) is 15.0. The normalized spacial score (nSPS) is 15.7. The third-order valence-electron chi connectivity index (χ3n) is 6.20. The van der Waals surface area contributed by atoms with Gasteiger partial charge in [0, 0.05) is 31.1 Å². The summed E-state index contributed by atoms with van der Waals surface area (Å²) in [6.45, 7) is 15.8. The van der Waals surface area contributed by atoms with E-state index in [1.54, 1.807) is 6.20 Å². The van der Waals surface area contributed by atoms with E-state index in [1.807, 2.05) is 38.6 Å². The molecule has 0 saturated carbocycles. The smallest absolute Gasteiger partial charge is 0.155 e. The minimum absolute atomic E-state index is 0.00189. The third-order valence-corrected chi connectivity index (χ3v) is 6.20. The number of Topliss-reactive ketones (excluding diaryl/α,β-unsaturated/α-hetero) is 2. The first kappa shape index (κ1) is 28.4. The number of carbonyl (C=O) groups is 2. The maximum atomic E-state index is 13.2. The van der Waals surface area contributed by atoms with E-state index in [9.17, 15) is 9.59 Å². The minimum atomic E-state index is -0.532. The Morgan fingerprint density at radius 3 is 2.25 bits per heavy atom. The molecule has 7 nitrogen and oxygen atoms in total. The molecule has 7 heteroatoms. The zero-order chi connectivity index (χ0) is 24.2. The van der Waals surface area contributed by atoms with Gasteiger partial charge in [-0.1, -0.05) is 38.8 Å². The van der Waals surface area contributed by atoms with Gasteiger partial charge >= 0.3 is 0 Å². The lowest BCUT2D eigenvalue weighted by molar-refractivity contribution is -0.128. The highest BCUT2D eigenvalue weighted by atomic mass is 16.1. The second kappa shape index (κ2) is 13.8. The second-order valence-electron chi connectivity index (χ2n) is 10.2. The summed E-state index contributed by atoms with van der Waals surface area (Å²) in [5.74, 6) is 0.511. The number of hydrogen-bond acceptors (Lipinski definition) is 6. The molecule has 0 bridgehead atoms. The summed E-state index contributed by atoms with van der Waals surface area (Å²) in [6.07, 6.45) is 10.4. The maximum Gasteiger partial charge on any atom is 0.155 e. The second-order valence-corrected chi connectivity index (χ2v) is 10.2. The number of ketones is 2. The van der Waals surface area contributed by atoms with Gasteiger partial charge in [-0.25, -0.2) is 0 Å². The van der Waals surface area contributed by atoms with Crippen molar-refractivity contribution < 1.29 is 9.59 Å². The largest absolute Gasteiger partial charge is 0.305 e. The Morgan fingerprint density at radius 1 is 1.00 bits per heavy atom. The topological polar surface area (TPSA) is 88.9 Å². The molecule has 0 amide bonds. The number of nitrogens with one attached hydrogen (secondary N) is 2. The van der Waals surface area contributed by atoms with Crippen LogP contribution < -0.4 is 10.6 Å². The first-order valence-electron chi connectivity index (χ1n) is 12.5. The summed E-state index contributed by atoms with van der Waals surface area (Å²) in [5.41, 5.74) is -1.04. The molecule has 0 aliphatic rings. The number of carbonyl (C=O) groups excluding carboxylic acids is 2. The van der Waals surface area contributed by atoms with Crippen LogP contribution in [0.3, 0.4) is 0 Å². The van der Waals surface area contributed by atoms with Gasteiger partial charge in [0.2, 0.25) is 0 Å². The van der Waals surface area contributed by atoms with E-state index in [0.29, 0.717) is 13.0 Å². The lowest BCUT2D eigenvalue weighted by Gasteiger charge is -2.33. The van der Waals surface area contributed by atoms with E-state index in [1.165, 1.54) is 0 Å². The molecule has 0 fully saturated rings. The number of aromatic nitrogens is 3. The molecule has 1 heterocycles. The van der Waals surface area contributed by atoms with E-state index < -0.39 is 11.1 Å². The quantitative estimate of drug-likeness (QED) is 0.325. The van der Waals surface area contributed by atoms with Crippen LogP contribution in [-0.4, -0.2) is 50.2 Å². The zero-order valence-corrected chi connectivity index (χ0v) is 21.5. The van der Waals surface area contributed by atoms with Crippen molar-refractivity contribution in [1.29, 1.82) is 0 Å². The highest BCUT2D eigenvalue weighted by Crippen LogP contribution is 2.21. The van der Waals surface area contributed by atoms with Gasteiger partial charge in [0.1, 0.15) is 0 Å². The molecule has 0 aliphatic carbocycles. The maximum absolute atomic E-state index is 13.2. The number of hydrogen-bond donors (Lipinski definition) is 2. The molecule has 1 aromatic rings. The van der Waals surface area contributed by atoms with Crippen molar-refractivity contribution in [2.75, 3.05) is 6.54 Å². The number of nitrogens with zero attached hydrogens (tertiary/aromatic N) is 3. The van der Waals surface area contributed by atoms with Gasteiger partial charge in [-0.15, -0.1) is 5.10 Å². The fourth-order valence-electron chi connectivity index (χ4n) is 4.39. The Kier molecular flexibility index (Phi) is 12.3. The fraction of sp³-hybridized carbons (Fsp3) is 0.840. The lowest BCUT2D eigenvalue weighted by atomic mass is 9.84. The molecule has 0 aliphatic heterocycles. The van der Waals surface area contributed by atoms with Gasteiger partial charge in [0.25, 0.3) is 0 Å². The van der Waals surface area contributed by atoms with Crippen LogP contribution in [-0.2, 0) is 16.1 Å². The van der Waals surface area contributed by atoms with Gasteiger partial charge in [0.05, 0.1) is 17.3 Å². The summed E-state index contributed by atoms with van der Waals surface area (Å²) in [5, 5.41) is 14.8. The van der Waals surface area contributed by atoms with Crippen molar-refractivity contribution in [1.82, 2.24) is 25.6 Å². The highest BCUT2D eigenvalue weighted by Gasteiger charge is 2.34. The van der Waals surface area contributed by atoms with Crippen molar-refractivity contribution in [2.45, 2.75) is 123 Å². The summed E-state index contributed by atoms with van der Waals surface area (Å²) in [7, 11) is 0. The average Bonchev–Trinajstić information content (AvgIpc) is 3.25. The standard InChI is InChI=1S/C25H47N5O2/c1-8-9-14-25(7,23(32)20(2)3)26-16-12-13-22(31)24(6,28-21(4)5)15-10-11-18-30-19-17-27-29-30/h17,19-21,26,28H,8-16,18H2,1-7H3/t24-,25-/m0/s1. The van der Waals surface area contributed by atoms with Crippen LogP contribution in [0.2, 0.25) is 0 Å². The fourth-order valence-corrected chi connectivity index (χ4v) is 4.39. The third kappa shape index (κ3) is 9.49. The van der Waals surface area contributed by atoms with Crippen molar-refractivity contribution in [3.05, 3.63) is 12.4 Å². The summed E-state index contributed by atoms with van der Waals surface area (Å²) in [4.78, 5) is 25.9. The van der Waals surface area contributed by atoms with Gasteiger partial charge in [-0.05, 0) is 66.3 Å². The van der Waals surface area contributed by atoms with E-state index >= 15 is 0 Å². The summed E-state index contributed by atoms with van der Waals surface area (Å²) < 4.78 is 1.83. The number of aryl methyl sites for hydroxylation is 1. The van der Waals surface area contributed by atoms with Crippen molar-refractivity contribution in [2.24, 2.45) is 5.92 Å². The van der Waals surface area contributed by atoms with E-state index in [-0.39, 0.29) is 23.5 Å². The summed E-state index contributed by atoms with van der Waals surface area (Å²) >= 11 is 0. The van der Waals surface area contributed by atoms with Crippen molar-refractivity contribution in [3.63, 3.8) is 0 Å². The zero-order valence-electron chi connectivity index (χ0n) is 21.5. The number of unbranched alkanes of at least 4 members (excludes halogenated alkanes) is 2. The molecule has 0 aromatic carbocycles. The van der Waals surface area contributed by atoms with Crippen LogP contribution in [0.5, 0.6) is 0 Å². The first-order valence-corrected chi connectivity index (χ1v) is 12.5. The Morgan fingerprint density at radius 2 is 1.69 bits per heavy atom. The molecular formula is C25H47N5O2. The molecule has 1 aromatic heterocycles. The minimum Gasteiger partial charge on any atom is -0.305 e. The Labute approximate surface area is 195 Å². The van der Waals surface area contributed by atoms with Crippen molar-refractivity contribution in [3.8, 4) is 0 Å². The van der Waals surface area contributed by atoms with Crippen LogP contribution in [0, 0.1) is 5.92 Å². The van der Waals surface area contributed by atoms with Gasteiger partial charge in [-0.2, -0.15) is 0 Å². The molecule has 0 radical (unpaired) electrons. The molecule has 0 spiro atoms. The molecule has 2 atom stereocenters. The highest BCUT2D eigenvalue weighted by molar-refractivity contribution is 5.89. The molecule has 2 N–H and O–H groups in total. The van der Waals surface area contributed by atoms with Crippen molar-refractivity contribution >= 4 is 11.6 Å². The Balaban J connectivity index is 2.58. The predicted octanol–water partition coefficient (Wildman–Crippen LogP) is 4.32. The van der Waals surface area contributed by atoms with Crippen LogP contribution >= 0.6 is 0 Å². The van der Waals surface area contributed by atoms with Crippen LogP contribution in [0.1, 0.15) is 99.8 Å². The van der Waals surface area contributed by atoms with Crippen LogP contribution in [0.4, 0.5) is 0 Å². The lowest BCUT2D eigenvalue weighted by Crippen LogP contribution is -2.53. The van der Waals surface area contributed by atoms with Gasteiger partial charge < -0.3 is 10.6 Å². The Bertz CT molecular complexity index is 674. The van der Waals surface area contributed by atoms with Gasteiger partial charge in [0.15, 0.2) is 11.6 Å². The van der Waals surface area contributed by atoms with Gasteiger partial charge in [-0.3, -0.25) is 14.3 Å². The predicted molar refractivity (Wildman–Crippen MR) is 131 cm³/mol. The Hall–Kier alpha value is -1.60. The molecule has 0 saturated heterocycles. The van der Waals surface area contributed by atoms with E-state index in [2.05, 4.69) is 41.7 Å². The SMILES string of the molecule is CCCC[C@](C)(NCCCC(=O)[C@](C)(CCCCn1ccnn1)NC(C)C)C(=O)C(C)C. The number of rotatable bonds is 18.